The van der Waals surface area contributed by atoms with Gasteiger partial charge in [-0.2, -0.15) is 0 Å². The van der Waals surface area contributed by atoms with E-state index in [1.54, 1.807) is 12.1 Å². The second-order valence-corrected chi connectivity index (χ2v) is 23.8. The van der Waals surface area contributed by atoms with Gasteiger partial charge in [0.1, 0.15) is 5.82 Å². The zero-order valence-electron chi connectivity index (χ0n) is 49.0. The van der Waals surface area contributed by atoms with Gasteiger partial charge in [-0.3, -0.25) is 0 Å². The summed E-state index contributed by atoms with van der Waals surface area (Å²) in [5.41, 5.74) is 20.4. The summed E-state index contributed by atoms with van der Waals surface area (Å²) in [6.07, 6.45) is 0. The van der Waals surface area contributed by atoms with Gasteiger partial charge in [-0.1, -0.05) is 176 Å². The summed E-state index contributed by atoms with van der Waals surface area (Å²) in [6, 6.07) is 110. The molecule has 0 aliphatic heterocycles. The molecule has 19 rings (SSSR count). The van der Waals surface area contributed by atoms with Gasteiger partial charge in [-0.05, 0) is 161 Å². The highest BCUT2D eigenvalue weighted by molar-refractivity contribution is 6.16. The normalized spacial score (nSPS) is 12.0. The second kappa shape index (κ2) is 19.9. The Kier molecular flexibility index (Phi) is 11.1. The molecule has 0 atom stereocenters. The number of rotatable bonds is 8. The van der Waals surface area contributed by atoms with Gasteiger partial charge in [0.15, 0.2) is 5.82 Å². The first kappa shape index (κ1) is 50.9. The van der Waals surface area contributed by atoms with Gasteiger partial charge in [0.2, 0.25) is 0 Å². The minimum absolute atomic E-state index is 0.323. The third-order valence-electron chi connectivity index (χ3n) is 18.8. The Morgan fingerprint density at radius 1 is 0.231 bits per heavy atom. The minimum atomic E-state index is -0.380. The fourth-order valence-electron chi connectivity index (χ4n) is 14.7. The first-order chi connectivity index (χ1) is 45.0. The van der Waals surface area contributed by atoms with Crippen LogP contribution in [0.5, 0.6) is 0 Å². The van der Waals surface area contributed by atoms with Crippen molar-refractivity contribution in [1.82, 2.24) is 28.2 Å². The second-order valence-electron chi connectivity index (χ2n) is 23.8. The lowest BCUT2D eigenvalue weighted by Gasteiger charge is -2.17. The fourth-order valence-corrected chi connectivity index (χ4v) is 14.7. The Balaban J connectivity index is 0.837. The van der Waals surface area contributed by atoms with Gasteiger partial charge < -0.3 is 18.3 Å². The zero-order chi connectivity index (χ0) is 59.8. The van der Waals surface area contributed by atoms with Crippen molar-refractivity contribution in [2.75, 3.05) is 0 Å². The predicted molar refractivity (Wildman–Crippen MR) is 376 cm³/mol. The van der Waals surface area contributed by atoms with Gasteiger partial charge in [-0.25, -0.2) is 14.4 Å². The summed E-state index contributed by atoms with van der Waals surface area (Å²) < 4.78 is 25.7. The molecule has 0 saturated heterocycles. The van der Waals surface area contributed by atoms with Gasteiger partial charge in [0.05, 0.1) is 60.9 Å². The molecule has 14 aromatic carbocycles. The highest BCUT2D eigenvalue weighted by Crippen LogP contribution is 2.44. The largest absolute Gasteiger partial charge is 0.309 e. The van der Waals surface area contributed by atoms with Crippen LogP contribution in [0.1, 0.15) is 0 Å². The van der Waals surface area contributed by atoms with Crippen LogP contribution < -0.4 is 0 Å². The standard InChI is InChI=1S/C84H51FN6/c85-73-30-14-9-29-67(73)84-86-82(68-40-35-52-19-7-8-24-62(52)83(68)87-84)57-45-60(90-76-33-17-12-27-65(76)71-49-55(38-43-80(71)90)53-36-41-78-69(47-53)63-25-10-15-31-74(63)88(78)58-20-3-1-4-21-58)51-61(46-57)91-77-34-18-13-28-66(77)72-50-56(39-44-81(72)91)54-37-42-79-70(48-54)64-26-11-16-32-75(64)89(79)59-22-5-2-6-23-59/h1-51H. The van der Waals surface area contributed by atoms with E-state index in [0.717, 1.165) is 116 Å². The highest BCUT2D eigenvalue weighted by atomic mass is 19.1. The molecule has 6 nitrogen and oxygen atoms in total. The van der Waals surface area contributed by atoms with E-state index < -0.39 is 0 Å². The number of aromatic nitrogens is 6. The lowest BCUT2D eigenvalue weighted by molar-refractivity contribution is 0.630. The van der Waals surface area contributed by atoms with Crippen LogP contribution in [0.25, 0.3) is 177 Å². The summed E-state index contributed by atoms with van der Waals surface area (Å²) in [7, 11) is 0. The molecule has 19 aromatic rings. The maximum atomic E-state index is 16.2. The molecular weight excluding hydrogens is 1110 g/mol. The number of hydrogen-bond acceptors (Lipinski definition) is 2. The first-order valence-corrected chi connectivity index (χ1v) is 30.9. The molecule has 424 valence electrons. The number of hydrogen-bond donors (Lipinski definition) is 0. The van der Waals surface area contributed by atoms with Crippen molar-refractivity contribution in [3.05, 3.63) is 315 Å². The number of nitrogens with zero attached hydrogens (tertiary/aromatic N) is 6. The molecular formula is C84H51FN6. The quantitative estimate of drug-likeness (QED) is 0.142. The van der Waals surface area contributed by atoms with E-state index in [1.165, 1.54) is 49.7 Å². The van der Waals surface area contributed by atoms with Gasteiger partial charge in [0.25, 0.3) is 0 Å². The van der Waals surface area contributed by atoms with Crippen LogP contribution in [0.15, 0.2) is 309 Å². The predicted octanol–water partition coefficient (Wildman–Crippen LogP) is 22.0. The molecule has 0 aliphatic carbocycles. The van der Waals surface area contributed by atoms with E-state index >= 15 is 4.39 Å². The summed E-state index contributed by atoms with van der Waals surface area (Å²) in [5.74, 6) is -0.0576. The number of benzene rings is 14. The molecule has 0 saturated carbocycles. The smallest absolute Gasteiger partial charge is 0.163 e. The van der Waals surface area contributed by atoms with Crippen LogP contribution in [-0.2, 0) is 0 Å². The molecule has 0 bridgehead atoms. The summed E-state index contributed by atoms with van der Waals surface area (Å²) in [5, 5.41) is 12.3. The number of halogens is 1. The molecule has 5 aromatic heterocycles. The van der Waals surface area contributed by atoms with Crippen molar-refractivity contribution in [2.24, 2.45) is 0 Å². The van der Waals surface area contributed by atoms with E-state index in [-0.39, 0.29) is 5.82 Å². The van der Waals surface area contributed by atoms with E-state index in [2.05, 4.69) is 291 Å². The average Bonchev–Trinajstić information content (AvgIpc) is 1.78. The Morgan fingerprint density at radius 3 is 1.03 bits per heavy atom. The van der Waals surface area contributed by atoms with Crippen molar-refractivity contribution in [3.63, 3.8) is 0 Å². The van der Waals surface area contributed by atoms with E-state index in [9.17, 15) is 0 Å². The Morgan fingerprint density at radius 2 is 0.593 bits per heavy atom. The van der Waals surface area contributed by atoms with E-state index in [1.807, 2.05) is 18.2 Å². The van der Waals surface area contributed by atoms with Crippen LogP contribution in [-0.4, -0.2) is 28.2 Å². The molecule has 0 aliphatic rings. The Labute approximate surface area is 521 Å². The topological polar surface area (TPSA) is 45.5 Å². The third kappa shape index (κ3) is 7.84. The highest BCUT2D eigenvalue weighted by Gasteiger charge is 2.23. The van der Waals surface area contributed by atoms with E-state index in [4.69, 9.17) is 9.97 Å². The van der Waals surface area contributed by atoms with Crippen LogP contribution >= 0.6 is 0 Å². The number of fused-ring (bicyclic) bond motifs is 15. The van der Waals surface area contributed by atoms with Crippen LogP contribution in [0, 0.1) is 5.82 Å². The maximum absolute atomic E-state index is 16.2. The first-order valence-electron chi connectivity index (χ1n) is 30.9. The summed E-state index contributed by atoms with van der Waals surface area (Å²) in [6.45, 7) is 0. The van der Waals surface area contributed by atoms with Crippen LogP contribution in [0.3, 0.4) is 0 Å². The third-order valence-corrected chi connectivity index (χ3v) is 18.8. The van der Waals surface area contributed by atoms with Crippen molar-refractivity contribution in [1.29, 1.82) is 0 Å². The van der Waals surface area contributed by atoms with Crippen molar-refractivity contribution >= 4 is 109 Å². The maximum Gasteiger partial charge on any atom is 0.163 e. The van der Waals surface area contributed by atoms with E-state index in [0.29, 0.717) is 17.1 Å². The number of para-hydroxylation sites is 6. The minimum Gasteiger partial charge on any atom is -0.309 e. The van der Waals surface area contributed by atoms with Gasteiger partial charge >= 0.3 is 0 Å². The van der Waals surface area contributed by atoms with Crippen LogP contribution in [0.4, 0.5) is 4.39 Å². The monoisotopic (exact) mass is 1160 g/mol. The Hall–Kier alpha value is -12.2. The van der Waals surface area contributed by atoms with Gasteiger partial charge in [0, 0.05) is 82.2 Å². The lowest BCUT2D eigenvalue weighted by atomic mass is 10.00. The molecule has 0 fully saturated rings. The molecule has 0 N–H and O–H groups in total. The molecule has 0 amide bonds. The lowest BCUT2D eigenvalue weighted by Crippen LogP contribution is -2.02. The summed E-state index contributed by atoms with van der Waals surface area (Å²) >= 11 is 0. The van der Waals surface area contributed by atoms with Crippen molar-refractivity contribution in [2.45, 2.75) is 0 Å². The molecule has 7 heteroatoms. The fraction of sp³-hybridized carbons (Fsp3) is 0. The molecule has 0 unspecified atom stereocenters. The van der Waals surface area contributed by atoms with Crippen LogP contribution in [0.2, 0.25) is 0 Å². The van der Waals surface area contributed by atoms with Gasteiger partial charge in [-0.15, -0.1) is 0 Å². The molecule has 5 heterocycles. The molecule has 91 heavy (non-hydrogen) atoms. The van der Waals surface area contributed by atoms with Crippen molar-refractivity contribution < 1.29 is 4.39 Å². The molecule has 0 spiro atoms. The SMILES string of the molecule is Fc1ccccc1-c1nc(-c2cc(-n3c4ccccc4c4cc(-c5ccc6c(c5)c5ccccc5n6-c5ccccc5)ccc43)cc(-n3c4ccccc4c4cc(-c5ccc6c(c5)c5ccccc5n6-c5ccccc5)ccc43)c2)c2ccc3ccccc3c2n1. The summed E-state index contributed by atoms with van der Waals surface area (Å²) in [4.78, 5) is 10.7. The average molecular weight is 1160 g/mol. The molecule has 0 radical (unpaired) electrons. The van der Waals surface area contributed by atoms with Crippen molar-refractivity contribution in [3.8, 4) is 67.6 Å². The zero-order valence-corrected chi connectivity index (χ0v) is 49.0. The Bertz CT molecular complexity index is 5930.